The molecule has 12 aromatic carbocycles. The Morgan fingerprint density at radius 2 is 0.600 bits per heavy atom. The molecule has 0 fully saturated rings. The summed E-state index contributed by atoms with van der Waals surface area (Å²) in [5, 5.41) is 9.60. The highest BCUT2D eigenvalue weighted by molar-refractivity contribution is 6.26. The highest BCUT2D eigenvalue weighted by Crippen LogP contribution is 2.46. The Hall–Kier alpha value is -9.26. The maximum Gasteiger partial charge on any atom is 0.123 e. The van der Waals surface area contributed by atoms with Crippen molar-refractivity contribution in [1.29, 1.82) is 0 Å². The van der Waals surface area contributed by atoms with Crippen molar-refractivity contribution in [3.05, 3.63) is 254 Å². The van der Waals surface area contributed by atoms with Gasteiger partial charge in [0.05, 0.1) is 22.1 Å². The van der Waals surface area contributed by atoms with Gasteiger partial charge in [-0.2, -0.15) is 0 Å². The fourth-order valence-corrected chi connectivity index (χ4v) is 11.0. The molecule has 0 aliphatic rings. The van der Waals surface area contributed by atoms with E-state index < -0.39 is 0 Å². The third-order valence-corrected chi connectivity index (χ3v) is 14.1. The predicted molar refractivity (Wildman–Crippen MR) is 287 cm³/mol. The molecule has 0 atom stereocenters. The molecule has 14 rings (SSSR count). The highest BCUT2D eigenvalue weighted by atomic mass is 19.1. The predicted octanol–water partition coefficient (Wildman–Crippen LogP) is 17.9. The van der Waals surface area contributed by atoms with Crippen molar-refractivity contribution in [2.24, 2.45) is 0 Å². The molecule has 2 aromatic heterocycles. The van der Waals surface area contributed by atoms with E-state index in [1.807, 2.05) is 36.4 Å². The van der Waals surface area contributed by atoms with E-state index in [1.54, 1.807) is 0 Å². The van der Waals surface area contributed by atoms with Crippen LogP contribution in [0.5, 0.6) is 0 Å². The Morgan fingerprint density at radius 1 is 0.257 bits per heavy atom. The highest BCUT2D eigenvalue weighted by Gasteiger charge is 2.23. The molecule has 0 amide bonds. The molecule has 6 heteroatoms. The van der Waals surface area contributed by atoms with E-state index in [4.69, 9.17) is 0 Å². The monoisotopic (exact) mass is 902 g/mol. The zero-order valence-corrected chi connectivity index (χ0v) is 37.6. The van der Waals surface area contributed by atoms with Crippen molar-refractivity contribution in [1.82, 2.24) is 9.13 Å². The van der Waals surface area contributed by atoms with Crippen molar-refractivity contribution in [3.63, 3.8) is 0 Å². The minimum atomic E-state index is -0.286. The van der Waals surface area contributed by atoms with Crippen LogP contribution < -0.4 is 9.80 Å². The number of hydrogen-bond acceptors (Lipinski definition) is 2. The molecule has 0 saturated heterocycles. The molecule has 2 heterocycles. The molecule has 4 nitrogen and oxygen atoms in total. The van der Waals surface area contributed by atoms with Gasteiger partial charge in [-0.3, -0.25) is 0 Å². The summed E-state index contributed by atoms with van der Waals surface area (Å²) in [4.78, 5) is 4.41. The molecule has 0 aliphatic carbocycles. The van der Waals surface area contributed by atoms with Crippen LogP contribution in [0, 0.1) is 11.6 Å². The number of halogens is 2. The molecular formula is C64H40F2N4. The summed E-state index contributed by atoms with van der Waals surface area (Å²) >= 11 is 0. The SMILES string of the molecule is Fc1ccc(N(c2ccc(-c3ccc(N(c4ccc(F)cc4)c4cc5ccc6cccc7c6c5c(c4)n7-c4ccccc4)cc3)cc2)c2cc3ccc4cccc5c4c3c(c2)n5-c2ccccc2)cc1. The fraction of sp³-hybridized carbons (Fsp3) is 0. The van der Waals surface area contributed by atoms with Crippen LogP contribution >= 0.6 is 0 Å². The van der Waals surface area contributed by atoms with Crippen molar-refractivity contribution >= 4 is 99.3 Å². The summed E-state index contributed by atoms with van der Waals surface area (Å²) in [5.41, 5.74) is 14.3. The lowest BCUT2D eigenvalue weighted by Gasteiger charge is -2.27. The zero-order chi connectivity index (χ0) is 46.5. The van der Waals surface area contributed by atoms with E-state index in [0.29, 0.717) is 0 Å². The number of para-hydroxylation sites is 2. The molecule has 14 aromatic rings. The average molecular weight is 903 g/mol. The summed E-state index contributed by atoms with van der Waals surface area (Å²) < 4.78 is 33.8. The van der Waals surface area contributed by atoms with Crippen molar-refractivity contribution in [3.8, 4) is 22.5 Å². The first-order valence-corrected chi connectivity index (χ1v) is 23.5. The molecule has 0 aliphatic heterocycles. The lowest BCUT2D eigenvalue weighted by Crippen LogP contribution is -2.10. The first kappa shape index (κ1) is 39.9. The largest absolute Gasteiger partial charge is 0.310 e. The topological polar surface area (TPSA) is 16.3 Å². The Kier molecular flexibility index (Phi) is 8.92. The van der Waals surface area contributed by atoms with Gasteiger partial charge >= 0.3 is 0 Å². The fourth-order valence-electron chi connectivity index (χ4n) is 11.0. The summed E-state index contributed by atoms with van der Waals surface area (Å²) in [6.07, 6.45) is 0. The van der Waals surface area contributed by atoms with E-state index in [0.717, 1.165) is 89.5 Å². The van der Waals surface area contributed by atoms with Gasteiger partial charge in [0.1, 0.15) is 11.6 Å². The van der Waals surface area contributed by atoms with Crippen molar-refractivity contribution in [2.75, 3.05) is 9.80 Å². The van der Waals surface area contributed by atoms with Gasteiger partial charge in [-0.15, -0.1) is 0 Å². The maximum absolute atomic E-state index is 14.5. The van der Waals surface area contributed by atoms with E-state index in [2.05, 4.69) is 201 Å². The first-order valence-electron chi connectivity index (χ1n) is 23.5. The van der Waals surface area contributed by atoms with Crippen LogP contribution in [0.1, 0.15) is 0 Å². The summed E-state index contributed by atoms with van der Waals surface area (Å²) in [5.74, 6) is -0.571. The summed E-state index contributed by atoms with van der Waals surface area (Å²) in [7, 11) is 0. The number of benzene rings is 12. The third kappa shape index (κ3) is 6.27. The van der Waals surface area contributed by atoms with Crippen molar-refractivity contribution in [2.45, 2.75) is 0 Å². The van der Waals surface area contributed by atoms with Gasteiger partial charge in [0.2, 0.25) is 0 Å². The van der Waals surface area contributed by atoms with Crippen LogP contribution in [-0.2, 0) is 0 Å². The van der Waals surface area contributed by atoms with Gasteiger partial charge in [0, 0.05) is 67.0 Å². The second kappa shape index (κ2) is 15.7. The molecule has 0 radical (unpaired) electrons. The lowest BCUT2D eigenvalue weighted by atomic mass is 10.0. The van der Waals surface area contributed by atoms with Gasteiger partial charge < -0.3 is 18.9 Å². The number of nitrogens with zero attached hydrogens (tertiary/aromatic N) is 4. The second-order valence-corrected chi connectivity index (χ2v) is 18.1. The Balaban J connectivity index is 0.867. The molecular weight excluding hydrogens is 863 g/mol. The maximum atomic E-state index is 14.5. The number of rotatable bonds is 9. The molecule has 0 unspecified atom stereocenters. The van der Waals surface area contributed by atoms with E-state index in [9.17, 15) is 8.78 Å². The number of aromatic nitrogens is 2. The molecule has 70 heavy (non-hydrogen) atoms. The quantitative estimate of drug-likeness (QED) is 0.134. The second-order valence-electron chi connectivity index (χ2n) is 18.1. The van der Waals surface area contributed by atoms with Gasteiger partial charge in [-0.1, -0.05) is 109 Å². The minimum Gasteiger partial charge on any atom is -0.310 e. The van der Waals surface area contributed by atoms with Gasteiger partial charge in [-0.05, 0) is 166 Å². The van der Waals surface area contributed by atoms with E-state index in [1.165, 1.54) is 56.6 Å². The normalized spacial score (nSPS) is 11.9. The Morgan fingerprint density at radius 3 is 0.986 bits per heavy atom. The van der Waals surface area contributed by atoms with E-state index >= 15 is 0 Å². The third-order valence-electron chi connectivity index (χ3n) is 14.1. The molecule has 330 valence electrons. The van der Waals surface area contributed by atoms with Crippen molar-refractivity contribution < 1.29 is 8.78 Å². The molecule has 0 saturated carbocycles. The van der Waals surface area contributed by atoms with Crippen LogP contribution in [0.3, 0.4) is 0 Å². The zero-order valence-electron chi connectivity index (χ0n) is 37.6. The van der Waals surface area contributed by atoms with Gasteiger partial charge in [0.15, 0.2) is 0 Å². The van der Waals surface area contributed by atoms with Crippen LogP contribution in [0.4, 0.5) is 42.9 Å². The van der Waals surface area contributed by atoms with Crippen LogP contribution in [0.25, 0.3) is 87.7 Å². The van der Waals surface area contributed by atoms with Crippen LogP contribution in [0.2, 0.25) is 0 Å². The van der Waals surface area contributed by atoms with E-state index in [-0.39, 0.29) is 11.6 Å². The minimum absolute atomic E-state index is 0.286. The first-order chi connectivity index (χ1) is 34.5. The summed E-state index contributed by atoms with van der Waals surface area (Å²) in [6, 6.07) is 82.5. The Bertz CT molecular complexity index is 3940. The molecule has 0 N–H and O–H groups in total. The smallest absolute Gasteiger partial charge is 0.123 e. The lowest BCUT2D eigenvalue weighted by molar-refractivity contribution is 0.627. The summed E-state index contributed by atoms with van der Waals surface area (Å²) in [6.45, 7) is 0. The van der Waals surface area contributed by atoms with Crippen LogP contribution in [0.15, 0.2) is 243 Å². The van der Waals surface area contributed by atoms with Gasteiger partial charge in [0.25, 0.3) is 0 Å². The molecule has 0 bridgehead atoms. The average Bonchev–Trinajstić information content (AvgIpc) is 3.94. The Labute approximate surface area is 402 Å². The number of anilines is 6. The standard InChI is InChI=1S/C64H40F2N4/c65-47-25-33-53(34-26-47)67(55-37-45-19-17-43-9-7-15-57-61(43)63(45)59(39-55)69(57)49-11-3-1-4-12-49)51-29-21-41(22-30-51)42-23-31-52(32-24-42)68(54-35-27-48(66)28-36-54)56-38-46-20-18-44-10-8-16-58-62(44)64(46)60(40-56)70(58)50-13-5-2-6-14-50/h1-40H. The van der Waals surface area contributed by atoms with Crippen LogP contribution in [-0.4, -0.2) is 9.13 Å². The number of hydrogen-bond donors (Lipinski definition) is 0. The molecule has 0 spiro atoms. The van der Waals surface area contributed by atoms with Gasteiger partial charge in [-0.25, -0.2) is 8.78 Å².